The Bertz CT molecular complexity index is 701. The van der Waals surface area contributed by atoms with Gasteiger partial charge < -0.3 is 15.2 Å². The Balaban J connectivity index is 1.75. The van der Waals surface area contributed by atoms with Crippen LogP contribution in [0.1, 0.15) is 28.7 Å². The SMILES string of the molecule is NC(c1cc(Br)cc2c1OCC2)C1COc2ccccc21. The number of hydrogen-bond donors (Lipinski definition) is 1. The lowest BCUT2D eigenvalue weighted by Crippen LogP contribution is -2.21. The molecular weight excluding hydrogens is 330 g/mol. The number of halogens is 1. The van der Waals surface area contributed by atoms with Gasteiger partial charge in [-0.15, -0.1) is 0 Å². The maximum atomic E-state index is 6.58. The number of benzene rings is 2. The molecule has 4 rings (SSSR count). The molecule has 3 nitrogen and oxygen atoms in total. The topological polar surface area (TPSA) is 44.5 Å². The molecule has 0 saturated heterocycles. The molecule has 0 bridgehead atoms. The van der Waals surface area contributed by atoms with Crippen molar-refractivity contribution in [2.45, 2.75) is 18.4 Å². The maximum absolute atomic E-state index is 6.58. The van der Waals surface area contributed by atoms with Gasteiger partial charge in [0.25, 0.3) is 0 Å². The molecule has 0 spiro atoms. The summed E-state index contributed by atoms with van der Waals surface area (Å²) < 4.78 is 12.6. The molecule has 2 atom stereocenters. The molecule has 2 N–H and O–H groups in total. The molecular formula is C17H16BrNO2. The smallest absolute Gasteiger partial charge is 0.127 e. The molecule has 0 aromatic heterocycles. The van der Waals surface area contributed by atoms with Crippen molar-refractivity contribution in [1.82, 2.24) is 0 Å². The van der Waals surface area contributed by atoms with Gasteiger partial charge >= 0.3 is 0 Å². The standard InChI is InChI=1S/C17H16BrNO2/c18-11-7-10-5-6-20-17(10)13(8-11)16(19)14-9-21-15-4-2-1-3-12(14)15/h1-4,7-8,14,16H,5-6,9,19H2. The largest absolute Gasteiger partial charge is 0.493 e. The first-order valence-corrected chi connectivity index (χ1v) is 7.96. The second-order valence-corrected chi connectivity index (χ2v) is 6.48. The van der Waals surface area contributed by atoms with E-state index in [1.807, 2.05) is 18.2 Å². The van der Waals surface area contributed by atoms with E-state index >= 15 is 0 Å². The average molecular weight is 346 g/mol. The average Bonchev–Trinajstić information content (AvgIpc) is 3.11. The van der Waals surface area contributed by atoms with Crippen LogP contribution in [0.25, 0.3) is 0 Å². The van der Waals surface area contributed by atoms with Crippen molar-refractivity contribution in [1.29, 1.82) is 0 Å². The third-order valence-electron chi connectivity index (χ3n) is 4.31. The first-order chi connectivity index (χ1) is 10.2. The van der Waals surface area contributed by atoms with Crippen LogP contribution in [-0.2, 0) is 6.42 Å². The van der Waals surface area contributed by atoms with Crippen LogP contribution < -0.4 is 15.2 Å². The lowest BCUT2D eigenvalue weighted by atomic mass is 9.88. The summed E-state index contributed by atoms with van der Waals surface area (Å²) in [6.45, 7) is 1.37. The molecule has 4 heteroatoms. The highest BCUT2D eigenvalue weighted by Crippen LogP contribution is 2.44. The third kappa shape index (κ3) is 2.14. The van der Waals surface area contributed by atoms with E-state index in [0.717, 1.165) is 34.6 Å². The molecule has 2 heterocycles. The van der Waals surface area contributed by atoms with Gasteiger partial charge in [0.1, 0.15) is 11.5 Å². The third-order valence-corrected chi connectivity index (χ3v) is 4.76. The van der Waals surface area contributed by atoms with Crippen molar-refractivity contribution in [3.8, 4) is 11.5 Å². The van der Waals surface area contributed by atoms with Gasteiger partial charge in [-0.2, -0.15) is 0 Å². The van der Waals surface area contributed by atoms with Crippen LogP contribution in [0, 0.1) is 0 Å². The molecule has 0 saturated carbocycles. The quantitative estimate of drug-likeness (QED) is 0.904. The molecule has 2 aromatic rings. The summed E-state index contributed by atoms with van der Waals surface area (Å²) in [6, 6.07) is 12.2. The Morgan fingerprint density at radius 1 is 1.19 bits per heavy atom. The Hall–Kier alpha value is -1.52. The molecule has 2 aliphatic heterocycles. The predicted molar refractivity (Wildman–Crippen MR) is 84.9 cm³/mol. The molecule has 2 aromatic carbocycles. The Kier molecular flexibility index (Phi) is 3.16. The summed E-state index contributed by atoms with van der Waals surface area (Å²) >= 11 is 3.58. The lowest BCUT2D eigenvalue weighted by molar-refractivity contribution is 0.309. The highest BCUT2D eigenvalue weighted by molar-refractivity contribution is 9.10. The first kappa shape index (κ1) is 13.2. The molecule has 0 radical (unpaired) electrons. The summed E-state index contributed by atoms with van der Waals surface area (Å²) in [5.74, 6) is 2.09. The van der Waals surface area contributed by atoms with E-state index < -0.39 is 0 Å². The van der Waals surface area contributed by atoms with Crippen LogP contribution in [0.5, 0.6) is 11.5 Å². The normalized spacial score (nSPS) is 20.4. The van der Waals surface area contributed by atoms with Crippen molar-refractivity contribution < 1.29 is 9.47 Å². The minimum atomic E-state index is -0.127. The van der Waals surface area contributed by atoms with Crippen LogP contribution in [0.15, 0.2) is 40.9 Å². The Labute approximate surface area is 132 Å². The van der Waals surface area contributed by atoms with Crippen molar-refractivity contribution in [3.05, 3.63) is 57.6 Å². The molecule has 2 aliphatic rings. The predicted octanol–water partition coefficient (Wildman–Crippen LogP) is 3.56. The van der Waals surface area contributed by atoms with Crippen LogP contribution >= 0.6 is 15.9 Å². The molecule has 0 aliphatic carbocycles. The fraction of sp³-hybridized carbons (Fsp3) is 0.294. The van der Waals surface area contributed by atoms with Gasteiger partial charge in [0.2, 0.25) is 0 Å². The van der Waals surface area contributed by atoms with Gasteiger partial charge in [0.15, 0.2) is 0 Å². The zero-order chi connectivity index (χ0) is 14.4. The van der Waals surface area contributed by atoms with Gasteiger partial charge in [-0.05, 0) is 23.8 Å². The van der Waals surface area contributed by atoms with E-state index in [-0.39, 0.29) is 12.0 Å². The molecule has 2 unspecified atom stereocenters. The van der Waals surface area contributed by atoms with Gasteiger partial charge in [0.05, 0.1) is 13.2 Å². The second kappa shape index (κ2) is 5.04. The summed E-state index contributed by atoms with van der Waals surface area (Å²) in [4.78, 5) is 0. The van der Waals surface area contributed by atoms with Gasteiger partial charge in [0, 0.05) is 34.0 Å². The minimum Gasteiger partial charge on any atom is -0.493 e. The Morgan fingerprint density at radius 3 is 2.95 bits per heavy atom. The number of para-hydroxylation sites is 1. The monoisotopic (exact) mass is 345 g/mol. The zero-order valence-electron chi connectivity index (χ0n) is 11.5. The van der Waals surface area contributed by atoms with Crippen molar-refractivity contribution in [2.24, 2.45) is 5.73 Å². The van der Waals surface area contributed by atoms with Gasteiger partial charge in [-0.3, -0.25) is 0 Å². The number of hydrogen-bond acceptors (Lipinski definition) is 3. The minimum absolute atomic E-state index is 0.127. The number of fused-ring (bicyclic) bond motifs is 2. The van der Waals surface area contributed by atoms with Crippen molar-refractivity contribution >= 4 is 15.9 Å². The summed E-state index contributed by atoms with van der Waals surface area (Å²) in [6.07, 6.45) is 0.951. The Morgan fingerprint density at radius 2 is 2.05 bits per heavy atom. The highest BCUT2D eigenvalue weighted by Gasteiger charge is 2.33. The van der Waals surface area contributed by atoms with Crippen LogP contribution in [0.4, 0.5) is 0 Å². The lowest BCUT2D eigenvalue weighted by Gasteiger charge is -2.21. The van der Waals surface area contributed by atoms with Gasteiger partial charge in [-0.1, -0.05) is 34.1 Å². The molecule has 21 heavy (non-hydrogen) atoms. The van der Waals surface area contributed by atoms with Crippen LogP contribution in [0.2, 0.25) is 0 Å². The van der Waals surface area contributed by atoms with E-state index in [1.54, 1.807) is 0 Å². The molecule has 0 amide bonds. The summed E-state index contributed by atoms with van der Waals surface area (Å²) in [5.41, 5.74) is 10.1. The van der Waals surface area contributed by atoms with Crippen molar-refractivity contribution in [2.75, 3.05) is 13.2 Å². The van der Waals surface area contributed by atoms with Crippen LogP contribution in [0.3, 0.4) is 0 Å². The van der Waals surface area contributed by atoms with E-state index in [1.165, 1.54) is 11.1 Å². The van der Waals surface area contributed by atoms with E-state index in [2.05, 4.69) is 34.1 Å². The molecule has 108 valence electrons. The van der Waals surface area contributed by atoms with Crippen molar-refractivity contribution in [3.63, 3.8) is 0 Å². The first-order valence-electron chi connectivity index (χ1n) is 7.16. The molecule has 0 fully saturated rings. The second-order valence-electron chi connectivity index (χ2n) is 5.56. The van der Waals surface area contributed by atoms with Gasteiger partial charge in [-0.25, -0.2) is 0 Å². The van der Waals surface area contributed by atoms with E-state index in [0.29, 0.717) is 6.61 Å². The summed E-state index contributed by atoms with van der Waals surface area (Å²) in [5, 5.41) is 0. The zero-order valence-corrected chi connectivity index (χ0v) is 13.1. The number of ether oxygens (including phenoxy) is 2. The maximum Gasteiger partial charge on any atom is 0.127 e. The van der Waals surface area contributed by atoms with E-state index in [4.69, 9.17) is 15.2 Å². The summed E-state index contributed by atoms with van der Waals surface area (Å²) in [7, 11) is 0. The fourth-order valence-corrected chi connectivity index (χ4v) is 3.77. The number of nitrogens with two attached hydrogens (primary N) is 1. The fourth-order valence-electron chi connectivity index (χ4n) is 3.25. The van der Waals surface area contributed by atoms with Crippen LogP contribution in [-0.4, -0.2) is 13.2 Å². The highest BCUT2D eigenvalue weighted by atomic mass is 79.9. The number of rotatable bonds is 2. The van der Waals surface area contributed by atoms with E-state index in [9.17, 15) is 0 Å².